The summed E-state index contributed by atoms with van der Waals surface area (Å²) in [5, 5.41) is 4.96. The molecular weight excluding hydrogens is 672 g/mol. The van der Waals surface area contributed by atoms with Crippen molar-refractivity contribution in [2.75, 3.05) is 17.1 Å². The zero-order valence-electron chi connectivity index (χ0n) is 23.2. The predicted octanol–water partition coefficient (Wildman–Crippen LogP) is 7.66. The second kappa shape index (κ2) is 9.95. The van der Waals surface area contributed by atoms with E-state index < -0.39 is 6.98 Å². The van der Waals surface area contributed by atoms with Gasteiger partial charge in [0.2, 0.25) is 0 Å². The van der Waals surface area contributed by atoms with E-state index in [1.807, 2.05) is 60.8 Å². The van der Waals surface area contributed by atoms with Crippen LogP contribution in [0.4, 0.5) is 17.1 Å². The van der Waals surface area contributed by atoms with Gasteiger partial charge in [0, 0.05) is 38.5 Å². The normalized spacial score (nSPS) is 14.2. The van der Waals surface area contributed by atoms with Gasteiger partial charge in [0.05, 0.1) is 11.1 Å². The molecule has 0 atom stereocenters. The van der Waals surface area contributed by atoms with Gasteiger partial charge < -0.3 is 4.57 Å². The van der Waals surface area contributed by atoms with Crippen LogP contribution in [-0.2, 0) is 21.1 Å². The first-order chi connectivity index (χ1) is 19.4. The van der Waals surface area contributed by atoms with Gasteiger partial charge in [-0.25, -0.2) is 4.98 Å². The molecule has 1 N–H and O–H groups in total. The van der Waals surface area contributed by atoms with E-state index in [9.17, 15) is 0 Å². The van der Waals surface area contributed by atoms with Crippen LogP contribution in [0.3, 0.4) is 0 Å². The van der Waals surface area contributed by atoms with Crippen molar-refractivity contribution in [3.63, 3.8) is 0 Å². The van der Waals surface area contributed by atoms with Crippen molar-refractivity contribution in [2.24, 2.45) is 0 Å². The van der Waals surface area contributed by atoms with Gasteiger partial charge in [-0.3, -0.25) is 0 Å². The second-order valence-corrected chi connectivity index (χ2v) is 9.92. The summed E-state index contributed by atoms with van der Waals surface area (Å²) < 4.78 is 25.9. The first-order valence-electron chi connectivity index (χ1n) is 13.4. The third-order valence-electron chi connectivity index (χ3n) is 6.40. The Morgan fingerprint density at radius 1 is 0.842 bits per heavy atom. The monoisotopic (exact) mass is 697 g/mol. The first-order valence-corrected chi connectivity index (χ1v) is 12.7. The zero-order valence-corrected chi connectivity index (χ0v) is 23.3. The number of benzene rings is 4. The third-order valence-corrected chi connectivity index (χ3v) is 7.32. The standard InChI is InChI=1S/C31H22N4OS.Pt/c1-21-16-17-32-31(18-21)34-27-11-4-3-10-25(27)26-15-14-24(20-30(26)34)37-23-9-7-8-22(19-23)35-29-13-6-5-12-28(29)33(2)36-35;/h3-18H,1-2H3;/q-2;/p+1/i2D3;. The molecule has 4 aromatic carbocycles. The van der Waals surface area contributed by atoms with Crippen molar-refractivity contribution in [3.05, 3.63) is 115 Å². The molecule has 6 aromatic rings. The van der Waals surface area contributed by atoms with Crippen LogP contribution in [0.2, 0.25) is 0 Å². The van der Waals surface area contributed by atoms with E-state index in [2.05, 4.69) is 63.9 Å². The number of fused-ring (bicyclic) bond motifs is 4. The molecule has 38 heavy (non-hydrogen) atoms. The number of anilines is 3. The quantitative estimate of drug-likeness (QED) is 0.140. The molecule has 0 aliphatic carbocycles. The average Bonchev–Trinajstić information content (AvgIpc) is 3.50. The Bertz CT molecular complexity index is 1910. The molecule has 0 bridgehead atoms. The molecule has 0 amide bonds. The summed E-state index contributed by atoms with van der Waals surface area (Å²) in [6.45, 7) is -0.332. The van der Waals surface area contributed by atoms with Crippen LogP contribution in [0, 0.1) is 19.1 Å². The molecule has 2 aromatic heterocycles. The smallest absolute Gasteiger partial charge is 0.145 e. The number of hydrogen-bond donors (Lipinski definition) is 0. The summed E-state index contributed by atoms with van der Waals surface area (Å²) in [4.78, 5) is 10.9. The number of aromatic nitrogens is 2. The van der Waals surface area contributed by atoms with Gasteiger partial charge in [-0.2, -0.15) is 29.2 Å². The molecule has 190 valence electrons. The molecule has 0 fully saturated rings. The van der Waals surface area contributed by atoms with Crippen molar-refractivity contribution in [1.29, 1.82) is 0 Å². The van der Waals surface area contributed by atoms with Crippen molar-refractivity contribution < 1.29 is 30.1 Å². The van der Waals surface area contributed by atoms with Gasteiger partial charge in [0.15, 0.2) is 0 Å². The Hall–Kier alpha value is -3.57. The predicted molar refractivity (Wildman–Crippen MR) is 150 cm³/mol. The molecule has 1 aliphatic rings. The first kappa shape index (κ1) is 21.4. The Morgan fingerprint density at radius 3 is 2.53 bits per heavy atom. The van der Waals surface area contributed by atoms with E-state index in [1.165, 1.54) is 0 Å². The Kier molecular flexibility index (Phi) is 5.60. The van der Waals surface area contributed by atoms with Crippen LogP contribution in [0.25, 0.3) is 27.6 Å². The van der Waals surface area contributed by atoms with Crippen LogP contribution < -0.4 is 10.1 Å². The van der Waals surface area contributed by atoms with Crippen molar-refractivity contribution in [2.45, 2.75) is 16.7 Å². The number of pyridine rings is 1. The van der Waals surface area contributed by atoms with E-state index in [0.29, 0.717) is 17.1 Å². The molecule has 1 aliphatic heterocycles. The number of aryl methyl sites for hydroxylation is 1. The summed E-state index contributed by atoms with van der Waals surface area (Å²) in [7, 11) is 0. The number of para-hydroxylation sites is 3. The van der Waals surface area contributed by atoms with Gasteiger partial charge in [0.25, 0.3) is 0 Å². The molecule has 5 nitrogen and oxygen atoms in total. The Morgan fingerprint density at radius 2 is 1.66 bits per heavy atom. The molecule has 7 rings (SSSR count). The minimum atomic E-state index is -2.40. The fraction of sp³-hybridized carbons (Fsp3) is 0.0645. The summed E-state index contributed by atoms with van der Waals surface area (Å²) in [6, 6.07) is 36.7. The second-order valence-electron chi connectivity index (χ2n) is 8.83. The fourth-order valence-corrected chi connectivity index (χ4v) is 5.56. The summed E-state index contributed by atoms with van der Waals surface area (Å²) in [6.07, 6.45) is 1.83. The molecule has 0 saturated carbocycles. The topological polar surface area (TPSA) is 37.1 Å². The van der Waals surface area contributed by atoms with E-state index in [-0.39, 0.29) is 21.1 Å². The minimum absolute atomic E-state index is 0. The SMILES string of the molecule is [2H]C([2H])([2H])N1[OH+]N(c2[c-]c(Sc3[c-]c4c(cc3)c3ccccc3n4-c3cc(C)ccn3)ccc2)c2ccccc21.[Pt]. The van der Waals surface area contributed by atoms with Gasteiger partial charge in [-0.15, -0.1) is 55.3 Å². The molecule has 7 heteroatoms. The van der Waals surface area contributed by atoms with Crippen LogP contribution >= 0.6 is 11.8 Å². The molecule has 0 unspecified atom stereocenters. The molecule has 3 heterocycles. The van der Waals surface area contributed by atoms with Crippen molar-refractivity contribution >= 4 is 50.6 Å². The van der Waals surface area contributed by atoms with Crippen LogP contribution in [0.1, 0.15) is 9.68 Å². The maximum atomic E-state index is 7.91. The minimum Gasteiger partial charge on any atom is -0.319 e. The summed E-state index contributed by atoms with van der Waals surface area (Å²) in [5.41, 5.74) is 5.06. The zero-order chi connectivity index (χ0) is 27.4. The van der Waals surface area contributed by atoms with E-state index in [4.69, 9.17) is 4.11 Å². The third kappa shape index (κ3) is 4.19. The van der Waals surface area contributed by atoms with Crippen molar-refractivity contribution in [1.82, 2.24) is 9.55 Å². The van der Waals surface area contributed by atoms with Crippen molar-refractivity contribution in [3.8, 4) is 5.82 Å². The molecule has 0 spiro atoms. The summed E-state index contributed by atoms with van der Waals surface area (Å²) >= 11 is 1.54. The van der Waals surface area contributed by atoms with Crippen LogP contribution in [0.5, 0.6) is 0 Å². The van der Waals surface area contributed by atoms with Gasteiger partial charge >= 0.3 is 0 Å². The van der Waals surface area contributed by atoms with E-state index in [0.717, 1.165) is 48.0 Å². The summed E-state index contributed by atoms with van der Waals surface area (Å²) in [5.74, 6) is 0.853. The van der Waals surface area contributed by atoms with Crippen LogP contribution in [0.15, 0.2) is 107 Å². The molecular formula is C31H23N4OPtS-. The van der Waals surface area contributed by atoms with Gasteiger partial charge in [-0.05, 0) is 48.2 Å². The molecule has 0 saturated heterocycles. The number of hydroxylamine groups is 1. The molecule has 0 radical (unpaired) electrons. The van der Waals surface area contributed by atoms with Crippen LogP contribution in [-0.4, -0.2) is 21.5 Å². The number of nitrogens with zero attached hydrogens (tertiary/aromatic N) is 4. The average molecular weight is 698 g/mol. The van der Waals surface area contributed by atoms with Gasteiger partial charge in [0.1, 0.15) is 17.2 Å². The largest absolute Gasteiger partial charge is 0.319 e. The fourth-order valence-electron chi connectivity index (χ4n) is 4.74. The van der Waals surface area contributed by atoms with Gasteiger partial charge in [-0.1, -0.05) is 35.8 Å². The van der Waals surface area contributed by atoms with E-state index >= 15 is 0 Å². The maximum absolute atomic E-state index is 7.91. The number of rotatable bonds is 4. The number of hydrogen-bond acceptors (Lipinski definition) is 4. The Labute approximate surface area is 244 Å². The maximum Gasteiger partial charge on any atom is 0.145 e. The Balaban J connectivity index is 0.00000302. The van der Waals surface area contributed by atoms with E-state index in [1.54, 1.807) is 22.9 Å².